The van der Waals surface area contributed by atoms with Crippen molar-refractivity contribution >= 4 is 5.91 Å². The zero-order chi connectivity index (χ0) is 15.0. The van der Waals surface area contributed by atoms with Crippen LogP contribution < -0.4 is 5.73 Å². The van der Waals surface area contributed by atoms with Crippen molar-refractivity contribution < 1.29 is 9.90 Å². The van der Waals surface area contributed by atoms with Crippen LogP contribution in [0.2, 0.25) is 0 Å². The van der Waals surface area contributed by atoms with Crippen LogP contribution in [0.3, 0.4) is 0 Å². The Morgan fingerprint density at radius 3 is 2.50 bits per heavy atom. The third kappa shape index (κ3) is 3.95. The van der Waals surface area contributed by atoms with Gasteiger partial charge in [-0.2, -0.15) is 0 Å². The molecular weight excluding hydrogens is 252 g/mol. The van der Waals surface area contributed by atoms with Crippen LogP contribution >= 0.6 is 0 Å². The Labute approximate surface area is 123 Å². The first-order valence-corrected chi connectivity index (χ1v) is 8.27. The Kier molecular flexibility index (Phi) is 7.52. The lowest BCUT2D eigenvalue weighted by atomic mass is 9.77. The van der Waals surface area contributed by atoms with E-state index in [-0.39, 0.29) is 17.9 Å². The maximum absolute atomic E-state index is 13.0. The minimum absolute atomic E-state index is 0.213. The fraction of sp³-hybridized carbons (Fsp3) is 0.938. The standard InChI is InChI=1S/C16H32N2O2/c1-3-9-16(13-17,10-4-2)15(20)18-11-5-7-14(18)8-6-12-19/h14,19H,3-13,17H2,1-2H3. The van der Waals surface area contributed by atoms with Crippen molar-refractivity contribution in [1.82, 2.24) is 4.90 Å². The van der Waals surface area contributed by atoms with Gasteiger partial charge in [-0.15, -0.1) is 0 Å². The van der Waals surface area contributed by atoms with Gasteiger partial charge in [-0.25, -0.2) is 0 Å². The highest BCUT2D eigenvalue weighted by Crippen LogP contribution is 2.34. The van der Waals surface area contributed by atoms with Crippen LogP contribution in [-0.2, 0) is 4.79 Å². The van der Waals surface area contributed by atoms with E-state index in [1.54, 1.807) is 0 Å². The van der Waals surface area contributed by atoms with Crippen molar-refractivity contribution in [3.05, 3.63) is 0 Å². The van der Waals surface area contributed by atoms with Gasteiger partial charge in [-0.05, 0) is 38.5 Å². The van der Waals surface area contributed by atoms with Gasteiger partial charge in [0.2, 0.25) is 5.91 Å². The fourth-order valence-electron chi connectivity index (χ4n) is 3.62. The Hall–Kier alpha value is -0.610. The minimum atomic E-state index is -0.356. The number of hydrogen-bond acceptors (Lipinski definition) is 3. The van der Waals surface area contributed by atoms with Crippen molar-refractivity contribution in [2.75, 3.05) is 19.7 Å². The molecule has 4 heteroatoms. The second-order valence-corrected chi connectivity index (χ2v) is 6.14. The van der Waals surface area contributed by atoms with Gasteiger partial charge in [0, 0.05) is 25.7 Å². The van der Waals surface area contributed by atoms with Crippen molar-refractivity contribution in [2.24, 2.45) is 11.1 Å². The summed E-state index contributed by atoms with van der Waals surface area (Å²) in [6.07, 6.45) is 7.63. The third-order valence-electron chi connectivity index (χ3n) is 4.63. The van der Waals surface area contributed by atoms with Gasteiger partial charge < -0.3 is 15.7 Å². The van der Waals surface area contributed by atoms with Gasteiger partial charge in [-0.3, -0.25) is 4.79 Å². The third-order valence-corrected chi connectivity index (χ3v) is 4.63. The molecule has 1 saturated heterocycles. The number of aliphatic hydroxyl groups is 1. The Bertz CT molecular complexity index is 288. The molecule has 1 aliphatic heterocycles. The molecule has 1 fully saturated rings. The highest BCUT2D eigenvalue weighted by molar-refractivity contribution is 5.83. The summed E-state index contributed by atoms with van der Waals surface area (Å²) in [6.45, 7) is 5.78. The quantitative estimate of drug-likeness (QED) is 0.682. The molecule has 1 rings (SSSR count). The maximum Gasteiger partial charge on any atom is 0.230 e. The minimum Gasteiger partial charge on any atom is -0.396 e. The van der Waals surface area contributed by atoms with Crippen molar-refractivity contribution in [3.8, 4) is 0 Å². The second-order valence-electron chi connectivity index (χ2n) is 6.14. The monoisotopic (exact) mass is 284 g/mol. The molecule has 1 atom stereocenters. The van der Waals surface area contributed by atoms with Gasteiger partial charge in [0.25, 0.3) is 0 Å². The lowest BCUT2D eigenvalue weighted by Crippen LogP contribution is -2.49. The molecule has 1 unspecified atom stereocenters. The van der Waals surface area contributed by atoms with Crippen LogP contribution in [0.1, 0.15) is 65.2 Å². The van der Waals surface area contributed by atoms with E-state index in [1.165, 1.54) is 0 Å². The van der Waals surface area contributed by atoms with E-state index < -0.39 is 0 Å². The molecule has 0 saturated carbocycles. The molecule has 0 aromatic heterocycles. The van der Waals surface area contributed by atoms with Crippen LogP contribution in [0, 0.1) is 5.41 Å². The molecule has 0 aromatic rings. The molecule has 0 aromatic carbocycles. The van der Waals surface area contributed by atoms with E-state index in [2.05, 4.69) is 18.7 Å². The van der Waals surface area contributed by atoms with E-state index in [9.17, 15) is 4.79 Å². The highest BCUT2D eigenvalue weighted by atomic mass is 16.3. The molecule has 0 radical (unpaired) electrons. The molecule has 1 aliphatic rings. The molecule has 0 spiro atoms. The number of carbonyl (C=O) groups excluding carboxylic acids is 1. The van der Waals surface area contributed by atoms with Crippen LogP contribution in [0.15, 0.2) is 0 Å². The molecule has 20 heavy (non-hydrogen) atoms. The van der Waals surface area contributed by atoms with E-state index >= 15 is 0 Å². The van der Waals surface area contributed by atoms with Crippen LogP contribution in [0.25, 0.3) is 0 Å². The lowest BCUT2D eigenvalue weighted by molar-refractivity contribution is -0.143. The fourth-order valence-corrected chi connectivity index (χ4v) is 3.62. The van der Waals surface area contributed by atoms with Crippen LogP contribution in [0.4, 0.5) is 0 Å². The first kappa shape index (κ1) is 17.4. The van der Waals surface area contributed by atoms with Gasteiger partial charge in [0.15, 0.2) is 0 Å². The average molecular weight is 284 g/mol. The summed E-state index contributed by atoms with van der Waals surface area (Å²) in [5, 5.41) is 9.00. The number of aliphatic hydroxyl groups excluding tert-OH is 1. The van der Waals surface area contributed by atoms with E-state index in [4.69, 9.17) is 10.8 Å². The zero-order valence-electron chi connectivity index (χ0n) is 13.2. The average Bonchev–Trinajstić information content (AvgIpc) is 2.92. The van der Waals surface area contributed by atoms with E-state index in [0.29, 0.717) is 12.6 Å². The number of likely N-dealkylation sites (tertiary alicyclic amines) is 1. The van der Waals surface area contributed by atoms with Crippen molar-refractivity contribution in [1.29, 1.82) is 0 Å². The summed E-state index contributed by atoms with van der Waals surface area (Å²) in [5.74, 6) is 0.268. The number of nitrogens with two attached hydrogens (primary N) is 1. The molecule has 4 nitrogen and oxygen atoms in total. The summed E-state index contributed by atoms with van der Waals surface area (Å²) < 4.78 is 0. The van der Waals surface area contributed by atoms with E-state index in [1.807, 2.05) is 0 Å². The lowest BCUT2D eigenvalue weighted by Gasteiger charge is -2.37. The summed E-state index contributed by atoms with van der Waals surface area (Å²) in [4.78, 5) is 15.1. The SMILES string of the molecule is CCCC(CN)(CCC)C(=O)N1CCCC1CCCO. The number of nitrogens with zero attached hydrogens (tertiary/aromatic N) is 1. The Balaban J connectivity index is 2.81. The summed E-state index contributed by atoms with van der Waals surface area (Å²) in [6, 6.07) is 0.314. The Morgan fingerprint density at radius 2 is 2.00 bits per heavy atom. The summed E-state index contributed by atoms with van der Waals surface area (Å²) in [5.41, 5.74) is 5.65. The normalized spacial score (nSPS) is 19.6. The molecule has 0 bridgehead atoms. The first-order valence-electron chi connectivity index (χ1n) is 8.27. The molecule has 118 valence electrons. The predicted octanol–water partition coefficient (Wildman–Crippen LogP) is 2.30. The number of hydrogen-bond donors (Lipinski definition) is 2. The van der Waals surface area contributed by atoms with Crippen LogP contribution in [0.5, 0.6) is 0 Å². The topological polar surface area (TPSA) is 66.6 Å². The molecule has 1 amide bonds. The summed E-state index contributed by atoms with van der Waals surface area (Å²) >= 11 is 0. The predicted molar refractivity (Wildman–Crippen MR) is 82.4 cm³/mol. The van der Waals surface area contributed by atoms with Gasteiger partial charge in [0.1, 0.15) is 0 Å². The van der Waals surface area contributed by atoms with Gasteiger partial charge in [-0.1, -0.05) is 26.7 Å². The van der Waals surface area contributed by atoms with E-state index in [0.717, 1.165) is 57.9 Å². The number of amides is 1. The van der Waals surface area contributed by atoms with Crippen LogP contribution in [-0.4, -0.2) is 41.7 Å². The van der Waals surface area contributed by atoms with Crippen molar-refractivity contribution in [3.63, 3.8) is 0 Å². The highest BCUT2D eigenvalue weighted by Gasteiger charge is 2.41. The zero-order valence-corrected chi connectivity index (χ0v) is 13.2. The van der Waals surface area contributed by atoms with Crippen molar-refractivity contribution in [2.45, 2.75) is 71.3 Å². The maximum atomic E-state index is 13.0. The molecule has 3 N–H and O–H groups in total. The van der Waals surface area contributed by atoms with Gasteiger partial charge in [0.05, 0.1) is 5.41 Å². The molecule has 0 aliphatic carbocycles. The molecular formula is C16H32N2O2. The smallest absolute Gasteiger partial charge is 0.230 e. The number of rotatable bonds is 9. The largest absolute Gasteiger partial charge is 0.396 e. The molecule has 1 heterocycles. The van der Waals surface area contributed by atoms with Gasteiger partial charge >= 0.3 is 0 Å². The number of carbonyl (C=O) groups is 1. The summed E-state index contributed by atoms with van der Waals surface area (Å²) in [7, 11) is 0. The Morgan fingerprint density at radius 1 is 1.35 bits per heavy atom. The second kappa shape index (κ2) is 8.63. The first-order chi connectivity index (χ1) is 9.65.